The highest BCUT2D eigenvalue weighted by atomic mass is 32.2. The first-order valence-corrected chi connectivity index (χ1v) is 7.47. The highest BCUT2D eigenvalue weighted by Crippen LogP contribution is 2.05. The van der Waals surface area contributed by atoms with E-state index in [4.69, 9.17) is 5.11 Å². The fraction of sp³-hybridized carbons (Fsp3) is 0.308. The fourth-order valence-electron chi connectivity index (χ4n) is 1.49. The lowest BCUT2D eigenvalue weighted by Gasteiger charge is -2.11. The summed E-state index contributed by atoms with van der Waals surface area (Å²) in [5, 5.41) is 9.88. The summed E-state index contributed by atoms with van der Waals surface area (Å²) in [5.74, 6) is -1.17. The maximum atomic E-state index is 11.7. The van der Waals surface area contributed by atoms with E-state index < -0.39 is 22.0 Å². The maximum absolute atomic E-state index is 11.7. The molecule has 0 bridgehead atoms. The van der Waals surface area contributed by atoms with Gasteiger partial charge < -0.3 is 5.11 Å². The van der Waals surface area contributed by atoms with Gasteiger partial charge in [0, 0.05) is 5.41 Å². The molecular weight excluding hydrogens is 266 g/mol. The molecule has 0 heterocycles. The second-order valence-corrected chi connectivity index (χ2v) is 5.65. The number of hydrogen-bond acceptors (Lipinski definition) is 3. The largest absolute Gasteiger partial charge is 0.480 e. The number of carboxylic acids is 1. The Morgan fingerprint density at radius 3 is 2.53 bits per heavy atom. The molecule has 0 unspecified atom stereocenters. The smallest absolute Gasteiger partial charge is 0.321 e. The zero-order valence-electron chi connectivity index (χ0n) is 10.6. The fourth-order valence-corrected chi connectivity index (χ4v) is 2.52. The number of rotatable bonds is 7. The molecule has 0 aliphatic heterocycles. The Morgan fingerprint density at radius 2 is 2.00 bits per heavy atom. The SMILES string of the molecule is CCC[C@H](NS(=O)(=O)/C=C/c1ccccc1)C(=O)O. The predicted molar refractivity (Wildman–Crippen MR) is 73.9 cm³/mol. The molecule has 0 aliphatic rings. The maximum Gasteiger partial charge on any atom is 0.321 e. The third-order valence-electron chi connectivity index (χ3n) is 2.42. The highest BCUT2D eigenvalue weighted by Gasteiger charge is 2.21. The van der Waals surface area contributed by atoms with Gasteiger partial charge in [-0.2, -0.15) is 4.72 Å². The third-order valence-corrected chi connectivity index (χ3v) is 3.53. The van der Waals surface area contributed by atoms with Gasteiger partial charge in [-0.05, 0) is 18.1 Å². The van der Waals surface area contributed by atoms with E-state index in [-0.39, 0.29) is 6.42 Å². The number of carbonyl (C=O) groups is 1. The summed E-state index contributed by atoms with van der Waals surface area (Å²) in [7, 11) is -3.76. The second-order valence-electron chi connectivity index (χ2n) is 4.06. The van der Waals surface area contributed by atoms with E-state index in [1.165, 1.54) is 6.08 Å². The Kier molecular flexibility index (Phi) is 5.72. The van der Waals surface area contributed by atoms with Crippen LogP contribution in [0.25, 0.3) is 6.08 Å². The van der Waals surface area contributed by atoms with E-state index in [9.17, 15) is 13.2 Å². The summed E-state index contributed by atoms with van der Waals surface area (Å²) in [5.41, 5.74) is 0.732. The quantitative estimate of drug-likeness (QED) is 0.799. The van der Waals surface area contributed by atoms with Gasteiger partial charge in [0.2, 0.25) is 10.0 Å². The van der Waals surface area contributed by atoms with Gasteiger partial charge >= 0.3 is 5.97 Å². The zero-order chi connectivity index (χ0) is 14.3. The molecular formula is C13H17NO4S. The van der Waals surface area contributed by atoms with E-state index in [0.29, 0.717) is 6.42 Å². The average Bonchev–Trinajstić information content (AvgIpc) is 2.37. The van der Waals surface area contributed by atoms with Crippen molar-refractivity contribution in [2.75, 3.05) is 0 Å². The third kappa shape index (κ3) is 5.67. The molecule has 2 N–H and O–H groups in total. The normalized spacial score (nSPS) is 13.5. The summed E-state index contributed by atoms with van der Waals surface area (Å²) in [6, 6.07) is 7.83. The Morgan fingerprint density at radius 1 is 1.37 bits per heavy atom. The molecule has 0 amide bonds. The Labute approximate surface area is 113 Å². The first kappa shape index (κ1) is 15.4. The number of sulfonamides is 1. The van der Waals surface area contributed by atoms with Gasteiger partial charge in [0.05, 0.1) is 0 Å². The van der Waals surface area contributed by atoms with Crippen molar-refractivity contribution in [2.24, 2.45) is 0 Å². The Hall–Kier alpha value is -1.66. The molecule has 6 heteroatoms. The molecule has 0 aliphatic carbocycles. The van der Waals surface area contributed by atoms with Crippen LogP contribution in [-0.2, 0) is 14.8 Å². The molecule has 104 valence electrons. The van der Waals surface area contributed by atoms with E-state index >= 15 is 0 Å². The first-order chi connectivity index (χ1) is 8.94. The summed E-state index contributed by atoms with van der Waals surface area (Å²) in [6.07, 6.45) is 2.27. The molecule has 19 heavy (non-hydrogen) atoms. The number of carboxylic acid groups (broad SMARTS) is 1. The lowest BCUT2D eigenvalue weighted by molar-refractivity contribution is -0.139. The van der Waals surface area contributed by atoms with Crippen molar-refractivity contribution in [2.45, 2.75) is 25.8 Å². The minimum absolute atomic E-state index is 0.258. The van der Waals surface area contributed by atoms with Gasteiger partial charge in [0.1, 0.15) is 6.04 Å². The first-order valence-electron chi connectivity index (χ1n) is 5.93. The van der Waals surface area contributed by atoms with Crippen LogP contribution >= 0.6 is 0 Å². The van der Waals surface area contributed by atoms with Gasteiger partial charge in [-0.3, -0.25) is 4.79 Å². The summed E-state index contributed by atoms with van der Waals surface area (Å²) in [6.45, 7) is 1.80. The van der Waals surface area contributed by atoms with Crippen LogP contribution in [0.5, 0.6) is 0 Å². The van der Waals surface area contributed by atoms with Crippen LogP contribution in [-0.4, -0.2) is 25.5 Å². The molecule has 5 nitrogen and oxygen atoms in total. The molecule has 0 spiro atoms. The molecule has 1 rings (SSSR count). The molecule has 1 aromatic rings. The molecule has 0 radical (unpaired) electrons. The van der Waals surface area contributed by atoms with Gasteiger partial charge in [-0.15, -0.1) is 0 Å². The van der Waals surface area contributed by atoms with Crippen LogP contribution in [0, 0.1) is 0 Å². The van der Waals surface area contributed by atoms with Gasteiger partial charge in [0.15, 0.2) is 0 Å². The predicted octanol–water partition coefficient (Wildman–Crippen LogP) is 1.83. The van der Waals surface area contributed by atoms with E-state index in [1.807, 2.05) is 6.07 Å². The van der Waals surface area contributed by atoms with Crippen molar-refractivity contribution in [1.29, 1.82) is 0 Å². The van der Waals surface area contributed by atoms with Crippen molar-refractivity contribution < 1.29 is 18.3 Å². The topological polar surface area (TPSA) is 83.5 Å². The van der Waals surface area contributed by atoms with Crippen molar-refractivity contribution in [3.8, 4) is 0 Å². The van der Waals surface area contributed by atoms with Crippen LogP contribution in [0.1, 0.15) is 25.3 Å². The van der Waals surface area contributed by atoms with Gasteiger partial charge in [0.25, 0.3) is 0 Å². The van der Waals surface area contributed by atoms with Crippen molar-refractivity contribution >= 4 is 22.1 Å². The van der Waals surface area contributed by atoms with Crippen LogP contribution in [0.3, 0.4) is 0 Å². The van der Waals surface area contributed by atoms with Crippen molar-refractivity contribution in [3.05, 3.63) is 41.3 Å². The molecule has 1 aromatic carbocycles. The van der Waals surface area contributed by atoms with Crippen molar-refractivity contribution in [1.82, 2.24) is 4.72 Å². The van der Waals surface area contributed by atoms with Crippen LogP contribution in [0.2, 0.25) is 0 Å². The highest BCUT2D eigenvalue weighted by molar-refractivity contribution is 7.92. The van der Waals surface area contributed by atoms with E-state index in [2.05, 4.69) is 4.72 Å². The Balaban J connectivity index is 2.76. The minimum Gasteiger partial charge on any atom is -0.480 e. The van der Waals surface area contributed by atoms with E-state index in [1.54, 1.807) is 31.2 Å². The summed E-state index contributed by atoms with van der Waals surface area (Å²) in [4.78, 5) is 10.9. The number of benzene rings is 1. The molecule has 0 aromatic heterocycles. The molecule has 0 saturated carbocycles. The van der Waals surface area contributed by atoms with Crippen molar-refractivity contribution in [3.63, 3.8) is 0 Å². The lowest BCUT2D eigenvalue weighted by atomic mass is 10.2. The lowest BCUT2D eigenvalue weighted by Crippen LogP contribution is -2.39. The number of aliphatic carboxylic acids is 1. The van der Waals surface area contributed by atoms with Crippen LogP contribution < -0.4 is 4.72 Å². The van der Waals surface area contributed by atoms with Crippen LogP contribution in [0.15, 0.2) is 35.7 Å². The number of nitrogens with one attached hydrogen (secondary N) is 1. The summed E-state index contributed by atoms with van der Waals surface area (Å²) >= 11 is 0. The summed E-state index contributed by atoms with van der Waals surface area (Å²) < 4.78 is 25.6. The minimum atomic E-state index is -3.76. The second kappa shape index (κ2) is 7.06. The molecule has 0 fully saturated rings. The molecule has 0 saturated heterocycles. The average molecular weight is 283 g/mol. The van der Waals surface area contributed by atoms with Crippen LogP contribution in [0.4, 0.5) is 0 Å². The van der Waals surface area contributed by atoms with Gasteiger partial charge in [-0.1, -0.05) is 43.7 Å². The standard InChI is InChI=1S/C13H17NO4S/c1-2-6-12(13(15)16)14-19(17,18)10-9-11-7-4-3-5-8-11/h3-5,7-10,12,14H,2,6H2,1H3,(H,15,16)/b10-9+/t12-/m0/s1. The monoisotopic (exact) mass is 283 g/mol. The number of hydrogen-bond donors (Lipinski definition) is 2. The van der Waals surface area contributed by atoms with E-state index in [0.717, 1.165) is 11.0 Å². The van der Waals surface area contributed by atoms with Gasteiger partial charge in [-0.25, -0.2) is 8.42 Å². The Bertz CT molecular complexity index is 537. The molecule has 1 atom stereocenters. The zero-order valence-corrected chi connectivity index (χ0v) is 11.4.